The highest BCUT2D eigenvalue weighted by Crippen LogP contribution is 2.33. The summed E-state index contributed by atoms with van der Waals surface area (Å²) in [4.78, 5) is 55.1. The third-order valence-electron chi connectivity index (χ3n) is 8.97. The number of carbonyl (C=O) groups is 3. The molecule has 0 saturated carbocycles. The lowest BCUT2D eigenvalue weighted by Gasteiger charge is -2.29. The number of halogens is 1. The fraction of sp³-hybridized carbons (Fsp3) is 0.341. The van der Waals surface area contributed by atoms with Gasteiger partial charge in [0.25, 0.3) is 5.56 Å². The SMILES string of the molecule is CCC(C(=O)Nc1ccc(C(=O)OC[C@H](NC[C@H](C(C)C)N(C)C)C(=O)OCc2ccccc2)cc1)n1cc(OC)c(-c2cc(Cl)ccc2C#N)cc1=O. The number of methoxy groups -OCH3 is 1. The van der Waals surface area contributed by atoms with E-state index in [0.717, 1.165) is 5.56 Å². The van der Waals surface area contributed by atoms with Gasteiger partial charge in [-0.2, -0.15) is 5.26 Å². The summed E-state index contributed by atoms with van der Waals surface area (Å²) in [6.07, 6.45) is 1.71. The second-order valence-corrected chi connectivity index (χ2v) is 13.7. The number of benzene rings is 3. The molecule has 0 spiro atoms. The Bertz CT molecular complexity index is 2000. The molecule has 0 saturated heterocycles. The summed E-state index contributed by atoms with van der Waals surface area (Å²) >= 11 is 6.18. The molecule has 13 heteroatoms. The minimum Gasteiger partial charge on any atom is -0.495 e. The highest BCUT2D eigenvalue weighted by molar-refractivity contribution is 6.31. The molecule has 1 unspecified atom stereocenters. The van der Waals surface area contributed by atoms with Gasteiger partial charge in [0.2, 0.25) is 5.91 Å². The van der Waals surface area contributed by atoms with Crippen molar-refractivity contribution in [2.45, 2.75) is 51.9 Å². The first-order valence-corrected chi connectivity index (χ1v) is 17.9. The molecule has 0 bridgehead atoms. The number of likely N-dealkylation sites (N-methyl/N-ethyl adjacent to an activating group) is 1. The van der Waals surface area contributed by atoms with E-state index in [1.54, 1.807) is 37.3 Å². The zero-order chi connectivity index (χ0) is 39.4. The van der Waals surface area contributed by atoms with Gasteiger partial charge in [-0.15, -0.1) is 0 Å². The molecule has 284 valence electrons. The van der Waals surface area contributed by atoms with E-state index in [0.29, 0.717) is 39.9 Å². The Kier molecular flexibility index (Phi) is 14.9. The fourth-order valence-electron chi connectivity index (χ4n) is 5.97. The Hall–Kier alpha value is -5.48. The van der Waals surface area contributed by atoms with Gasteiger partial charge in [-0.3, -0.25) is 24.3 Å². The van der Waals surface area contributed by atoms with Crippen LogP contribution in [0.15, 0.2) is 89.9 Å². The number of amides is 1. The molecule has 3 aromatic carbocycles. The number of ether oxygens (including phenoxy) is 3. The third-order valence-corrected chi connectivity index (χ3v) is 9.20. The van der Waals surface area contributed by atoms with Gasteiger partial charge in [0, 0.05) is 40.5 Å². The Balaban J connectivity index is 1.44. The summed E-state index contributed by atoms with van der Waals surface area (Å²) in [6, 6.07) is 21.8. The van der Waals surface area contributed by atoms with E-state index in [4.69, 9.17) is 25.8 Å². The first-order valence-electron chi connectivity index (χ1n) is 17.5. The van der Waals surface area contributed by atoms with Crippen molar-refractivity contribution in [2.24, 2.45) is 5.92 Å². The van der Waals surface area contributed by atoms with Gasteiger partial charge in [0.1, 0.15) is 31.0 Å². The van der Waals surface area contributed by atoms with Gasteiger partial charge in [-0.05, 0) is 74.5 Å². The monoisotopic (exact) mass is 755 g/mol. The van der Waals surface area contributed by atoms with E-state index in [9.17, 15) is 24.4 Å². The molecule has 54 heavy (non-hydrogen) atoms. The molecule has 0 aliphatic heterocycles. The summed E-state index contributed by atoms with van der Waals surface area (Å²) in [6.45, 7) is 6.24. The third kappa shape index (κ3) is 10.8. The van der Waals surface area contributed by atoms with Crippen LogP contribution in [0.5, 0.6) is 5.75 Å². The van der Waals surface area contributed by atoms with E-state index in [1.165, 1.54) is 36.1 Å². The van der Waals surface area contributed by atoms with E-state index in [2.05, 4.69) is 35.5 Å². The largest absolute Gasteiger partial charge is 0.495 e. The summed E-state index contributed by atoms with van der Waals surface area (Å²) in [5.41, 5.74) is 2.06. The van der Waals surface area contributed by atoms with Gasteiger partial charge < -0.3 is 24.4 Å². The Morgan fingerprint density at radius 1 is 0.963 bits per heavy atom. The Morgan fingerprint density at radius 3 is 2.28 bits per heavy atom. The molecule has 12 nitrogen and oxygen atoms in total. The summed E-state index contributed by atoms with van der Waals surface area (Å²) in [5, 5.41) is 16.0. The van der Waals surface area contributed by atoms with Crippen molar-refractivity contribution >= 4 is 35.1 Å². The maximum atomic E-state index is 13.5. The van der Waals surface area contributed by atoms with Crippen molar-refractivity contribution in [1.29, 1.82) is 5.26 Å². The number of anilines is 1. The molecule has 3 atom stereocenters. The molecule has 0 fully saturated rings. The number of hydrogen-bond acceptors (Lipinski definition) is 10. The van der Waals surface area contributed by atoms with Crippen molar-refractivity contribution in [3.05, 3.63) is 117 Å². The fourth-order valence-corrected chi connectivity index (χ4v) is 6.14. The summed E-state index contributed by atoms with van der Waals surface area (Å²) in [7, 11) is 5.36. The molecule has 1 aromatic heterocycles. The van der Waals surface area contributed by atoms with Crippen LogP contribution in [-0.4, -0.2) is 73.8 Å². The number of rotatable bonds is 17. The van der Waals surface area contributed by atoms with Crippen LogP contribution in [0.4, 0.5) is 5.69 Å². The smallest absolute Gasteiger partial charge is 0.338 e. The molecule has 0 radical (unpaired) electrons. The summed E-state index contributed by atoms with van der Waals surface area (Å²) < 4.78 is 18.0. The van der Waals surface area contributed by atoms with Gasteiger partial charge in [0.15, 0.2) is 0 Å². The predicted molar refractivity (Wildman–Crippen MR) is 207 cm³/mol. The van der Waals surface area contributed by atoms with E-state index < -0.39 is 35.5 Å². The number of carbonyl (C=O) groups excluding carboxylic acids is 3. The second kappa shape index (κ2) is 19.6. The zero-order valence-corrected chi connectivity index (χ0v) is 32.1. The standard InChI is InChI=1S/C41H46ClN5O7/c1-7-35(47-23-37(52-6)33(20-38(47)48)32-19-30(42)16-13-29(32)21-43)39(49)45-31-17-14-28(15-18-31)40(50)54-25-34(44-22-36(26(2)3)46(4)5)41(51)53-24-27-11-9-8-10-12-27/h8-20,23,26,34-36,44H,7,22,24-25H2,1-6H3,(H,45,49)/t34-,35?,36+/m0/s1. The minimum absolute atomic E-state index is 0.0822. The van der Waals surface area contributed by atoms with E-state index >= 15 is 0 Å². The highest BCUT2D eigenvalue weighted by atomic mass is 35.5. The quantitative estimate of drug-likeness (QED) is 0.121. The zero-order valence-electron chi connectivity index (χ0n) is 31.3. The first-order chi connectivity index (χ1) is 25.9. The van der Waals surface area contributed by atoms with Crippen LogP contribution in [-0.2, 0) is 25.7 Å². The lowest BCUT2D eigenvalue weighted by Crippen LogP contribution is -2.49. The normalized spacial score (nSPS) is 12.7. The molecule has 4 aromatic rings. The number of nitrogens with zero attached hydrogens (tertiary/aromatic N) is 3. The molecule has 1 heterocycles. The molecule has 0 aliphatic rings. The minimum atomic E-state index is -0.909. The van der Waals surface area contributed by atoms with Crippen LogP contribution in [0.3, 0.4) is 0 Å². The lowest BCUT2D eigenvalue weighted by molar-refractivity contribution is -0.148. The number of pyridine rings is 1. The predicted octanol–water partition coefficient (Wildman–Crippen LogP) is 6.08. The highest BCUT2D eigenvalue weighted by Gasteiger charge is 2.26. The van der Waals surface area contributed by atoms with Crippen LogP contribution < -0.4 is 20.9 Å². The van der Waals surface area contributed by atoms with Crippen molar-refractivity contribution in [3.8, 4) is 22.9 Å². The molecule has 4 rings (SSSR count). The summed E-state index contributed by atoms with van der Waals surface area (Å²) in [5.74, 6) is -1.09. The second-order valence-electron chi connectivity index (χ2n) is 13.2. The maximum absolute atomic E-state index is 13.5. The number of hydrogen-bond donors (Lipinski definition) is 2. The van der Waals surface area contributed by atoms with Crippen molar-refractivity contribution < 1.29 is 28.6 Å². The number of aromatic nitrogens is 1. The van der Waals surface area contributed by atoms with Gasteiger partial charge in [-0.25, -0.2) is 4.79 Å². The average Bonchev–Trinajstić information content (AvgIpc) is 3.16. The van der Waals surface area contributed by atoms with Gasteiger partial charge >= 0.3 is 11.9 Å². The van der Waals surface area contributed by atoms with Crippen molar-refractivity contribution in [1.82, 2.24) is 14.8 Å². The van der Waals surface area contributed by atoms with Crippen molar-refractivity contribution in [3.63, 3.8) is 0 Å². The molecule has 0 aliphatic carbocycles. The van der Waals surface area contributed by atoms with Crippen LogP contribution in [0, 0.1) is 17.2 Å². The van der Waals surface area contributed by atoms with Gasteiger partial charge in [0.05, 0.1) is 30.5 Å². The number of nitriles is 1. The molecular formula is C41H46ClN5O7. The van der Waals surface area contributed by atoms with E-state index in [-0.39, 0.29) is 37.0 Å². The van der Waals surface area contributed by atoms with Gasteiger partial charge in [-0.1, -0.05) is 62.7 Å². The van der Waals surface area contributed by atoms with Crippen molar-refractivity contribution in [2.75, 3.05) is 39.7 Å². The molecular weight excluding hydrogens is 710 g/mol. The van der Waals surface area contributed by atoms with E-state index in [1.807, 2.05) is 44.4 Å². The number of esters is 2. The lowest BCUT2D eigenvalue weighted by atomic mass is 10.00. The maximum Gasteiger partial charge on any atom is 0.338 e. The molecule has 1 amide bonds. The van der Waals surface area contributed by atoms with Crippen LogP contribution in [0.2, 0.25) is 5.02 Å². The first kappa shape index (κ1) is 41.3. The van der Waals surface area contributed by atoms with Crippen LogP contribution >= 0.6 is 11.6 Å². The molecule has 2 N–H and O–H groups in total. The topological polar surface area (TPSA) is 152 Å². The van der Waals surface area contributed by atoms with Crippen LogP contribution in [0.1, 0.15) is 54.7 Å². The average molecular weight is 756 g/mol. The Labute approximate surface area is 320 Å². The Morgan fingerprint density at radius 2 is 1.67 bits per heavy atom. The van der Waals surface area contributed by atoms with Crippen LogP contribution in [0.25, 0.3) is 11.1 Å². The number of nitrogens with one attached hydrogen (secondary N) is 2.